The van der Waals surface area contributed by atoms with E-state index in [2.05, 4.69) is 5.32 Å². The number of para-hydroxylation sites is 1. The van der Waals surface area contributed by atoms with Crippen molar-refractivity contribution in [1.29, 1.82) is 0 Å². The van der Waals surface area contributed by atoms with Crippen LogP contribution in [0.3, 0.4) is 0 Å². The largest absolute Gasteiger partial charge is 0.493 e. The molecule has 1 aliphatic rings. The lowest BCUT2D eigenvalue weighted by molar-refractivity contribution is -0.124. The van der Waals surface area contributed by atoms with E-state index in [9.17, 15) is 9.59 Å². The molecule has 0 radical (unpaired) electrons. The molecule has 0 aliphatic carbocycles. The summed E-state index contributed by atoms with van der Waals surface area (Å²) in [7, 11) is 3.17. The number of ether oxygens (including phenoxy) is 2. The molecule has 0 saturated carbocycles. The van der Waals surface area contributed by atoms with Crippen LogP contribution in [-0.2, 0) is 16.0 Å². The van der Waals surface area contributed by atoms with Crippen molar-refractivity contribution in [1.82, 2.24) is 4.90 Å². The van der Waals surface area contributed by atoms with E-state index in [0.717, 1.165) is 5.56 Å². The molecule has 0 bridgehead atoms. The number of carbonyl (C=O) groups is 2. The van der Waals surface area contributed by atoms with Crippen LogP contribution in [0, 0.1) is 0 Å². The topological polar surface area (TPSA) is 71.1 Å². The molecule has 1 N–H and O–H groups in total. The molecular formula is C27H26ClN3O4S. The molecule has 7 nitrogen and oxygen atoms in total. The Labute approximate surface area is 220 Å². The van der Waals surface area contributed by atoms with E-state index in [1.54, 1.807) is 38.5 Å². The smallest absolute Gasteiger partial charge is 0.256 e. The number of amides is 2. The number of hydrogen-bond acceptors (Lipinski definition) is 5. The molecule has 1 aliphatic heterocycles. The highest BCUT2D eigenvalue weighted by atomic mass is 35.5. The second-order valence-corrected chi connectivity index (χ2v) is 9.00. The molecule has 186 valence electrons. The predicted molar refractivity (Wildman–Crippen MR) is 145 cm³/mol. The molecule has 3 aromatic carbocycles. The third kappa shape index (κ3) is 5.61. The van der Waals surface area contributed by atoms with Crippen molar-refractivity contribution < 1.29 is 19.1 Å². The monoisotopic (exact) mass is 523 g/mol. The van der Waals surface area contributed by atoms with Crippen molar-refractivity contribution in [3.05, 3.63) is 83.4 Å². The van der Waals surface area contributed by atoms with Gasteiger partial charge in [-0.05, 0) is 72.7 Å². The van der Waals surface area contributed by atoms with Gasteiger partial charge in [-0.1, -0.05) is 35.9 Å². The first-order chi connectivity index (χ1) is 17.4. The third-order valence-electron chi connectivity index (χ3n) is 5.93. The van der Waals surface area contributed by atoms with Crippen molar-refractivity contribution in [2.24, 2.45) is 0 Å². The second-order valence-electron chi connectivity index (χ2n) is 8.20. The van der Waals surface area contributed by atoms with Crippen LogP contribution in [-0.4, -0.2) is 48.6 Å². The first kappa shape index (κ1) is 25.5. The number of thiocarbonyl (C=S) groups is 1. The van der Waals surface area contributed by atoms with Crippen molar-refractivity contribution in [2.45, 2.75) is 18.9 Å². The SMILES string of the molecule is COc1ccc(CCN2C(=S)N(c3ccccc3)C(=O)[C@@H]2CC(=O)Nc2ccc(Cl)cc2)cc1OC. The van der Waals surface area contributed by atoms with Gasteiger partial charge in [-0.2, -0.15) is 0 Å². The average molecular weight is 524 g/mol. The minimum absolute atomic E-state index is 0.0448. The van der Waals surface area contributed by atoms with Gasteiger partial charge in [0.05, 0.1) is 26.3 Å². The van der Waals surface area contributed by atoms with Gasteiger partial charge in [0.15, 0.2) is 16.6 Å². The summed E-state index contributed by atoms with van der Waals surface area (Å²) in [5.74, 6) is 0.745. The summed E-state index contributed by atoms with van der Waals surface area (Å²) < 4.78 is 10.7. The molecule has 0 spiro atoms. The van der Waals surface area contributed by atoms with Crippen LogP contribution in [0.2, 0.25) is 5.02 Å². The van der Waals surface area contributed by atoms with Gasteiger partial charge in [0.25, 0.3) is 5.91 Å². The van der Waals surface area contributed by atoms with Crippen LogP contribution in [0.25, 0.3) is 0 Å². The van der Waals surface area contributed by atoms with Gasteiger partial charge in [-0.25, -0.2) is 0 Å². The Hall–Kier alpha value is -3.62. The molecule has 2 amide bonds. The number of benzene rings is 3. The van der Waals surface area contributed by atoms with Crippen LogP contribution in [0.15, 0.2) is 72.8 Å². The third-order valence-corrected chi connectivity index (χ3v) is 6.60. The van der Waals surface area contributed by atoms with Gasteiger partial charge < -0.3 is 19.7 Å². The van der Waals surface area contributed by atoms with Crippen LogP contribution in [0.4, 0.5) is 11.4 Å². The Bertz CT molecular complexity index is 1250. The Morgan fingerprint density at radius 1 is 1.00 bits per heavy atom. The van der Waals surface area contributed by atoms with Gasteiger partial charge >= 0.3 is 0 Å². The second kappa shape index (κ2) is 11.4. The van der Waals surface area contributed by atoms with Gasteiger partial charge in [0, 0.05) is 17.3 Å². The van der Waals surface area contributed by atoms with Crippen molar-refractivity contribution in [3.63, 3.8) is 0 Å². The number of halogens is 1. The molecule has 1 atom stereocenters. The first-order valence-corrected chi connectivity index (χ1v) is 12.2. The highest BCUT2D eigenvalue weighted by Gasteiger charge is 2.43. The Kier molecular flexibility index (Phi) is 8.07. The van der Waals surface area contributed by atoms with Crippen molar-refractivity contribution >= 4 is 52.1 Å². The minimum Gasteiger partial charge on any atom is -0.493 e. The lowest BCUT2D eigenvalue weighted by Crippen LogP contribution is -2.39. The first-order valence-electron chi connectivity index (χ1n) is 11.4. The molecule has 1 fully saturated rings. The molecule has 0 unspecified atom stereocenters. The molecule has 1 saturated heterocycles. The van der Waals surface area contributed by atoms with Gasteiger partial charge in [0.2, 0.25) is 5.91 Å². The maximum absolute atomic E-state index is 13.5. The number of hydrogen-bond donors (Lipinski definition) is 1. The predicted octanol–water partition coefficient (Wildman–Crippen LogP) is 4.93. The van der Waals surface area contributed by atoms with Crippen LogP contribution < -0.4 is 19.7 Å². The zero-order valence-corrected chi connectivity index (χ0v) is 21.5. The Morgan fingerprint density at radius 2 is 1.69 bits per heavy atom. The van der Waals surface area contributed by atoms with Crippen LogP contribution in [0.5, 0.6) is 11.5 Å². The van der Waals surface area contributed by atoms with Gasteiger partial charge in [0.1, 0.15) is 6.04 Å². The summed E-state index contributed by atoms with van der Waals surface area (Å²) >= 11 is 11.7. The van der Waals surface area contributed by atoms with Gasteiger partial charge in [-0.3, -0.25) is 14.5 Å². The van der Waals surface area contributed by atoms with E-state index in [-0.39, 0.29) is 18.2 Å². The summed E-state index contributed by atoms with van der Waals surface area (Å²) in [6.45, 7) is 0.447. The van der Waals surface area contributed by atoms with Crippen LogP contribution in [0.1, 0.15) is 12.0 Å². The highest BCUT2D eigenvalue weighted by Crippen LogP contribution is 2.30. The van der Waals surface area contributed by atoms with Crippen LogP contribution >= 0.6 is 23.8 Å². The van der Waals surface area contributed by atoms with E-state index in [1.807, 2.05) is 53.4 Å². The minimum atomic E-state index is -0.731. The number of nitrogens with one attached hydrogen (secondary N) is 1. The van der Waals surface area contributed by atoms with Crippen molar-refractivity contribution in [3.8, 4) is 11.5 Å². The van der Waals surface area contributed by atoms with Crippen molar-refractivity contribution in [2.75, 3.05) is 31.0 Å². The fourth-order valence-electron chi connectivity index (χ4n) is 4.11. The van der Waals surface area contributed by atoms with E-state index < -0.39 is 6.04 Å². The van der Waals surface area contributed by atoms with E-state index >= 15 is 0 Å². The zero-order valence-electron chi connectivity index (χ0n) is 19.9. The fraction of sp³-hybridized carbons (Fsp3) is 0.222. The molecule has 1 heterocycles. The maximum atomic E-state index is 13.5. The zero-order chi connectivity index (χ0) is 25.7. The quantitative estimate of drug-likeness (QED) is 0.401. The Morgan fingerprint density at radius 3 is 2.36 bits per heavy atom. The van der Waals surface area contributed by atoms with E-state index in [4.69, 9.17) is 33.3 Å². The summed E-state index contributed by atoms with van der Waals surface area (Å²) in [4.78, 5) is 29.8. The summed E-state index contributed by atoms with van der Waals surface area (Å²) in [6.07, 6.45) is 0.544. The normalized spacial score (nSPS) is 15.2. The molecule has 0 aromatic heterocycles. The fourth-order valence-corrected chi connectivity index (χ4v) is 4.65. The lowest BCUT2D eigenvalue weighted by atomic mass is 10.1. The molecule has 36 heavy (non-hydrogen) atoms. The van der Waals surface area contributed by atoms with E-state index in [0.29, 0.717) is 46.0 Å². The maximum Gasteiger partial charge on any atom is 0.256 e. The molecular weight excluding hydrogens is 498 g/mol. The molecule has 9 heteroatoms. The summed E-state index contributed by atoms with van der Waals surface area (Å²) in [5, 5.41) is 3.78. The standard InChI is InChI=1S/C27H26ClN3O4S/c1-34-23-13-8-18(16-24(23)35-2)14-15-30-22(17-25(32)29-20-11-9-19(28)10-12-20)26(33)31(27(30)36)21-6-4-3-5-7-21/h3-13,16,22H,14-15,17H2,1-2H3,(H,29,32)/t22-/m0/s1. The number of rotatable bonds is 9. The summed E-state index contributed by atoms with van der Waals surface area (Å²) in [6, 6.07) is 21.0. The van der Waals surface area contributed by atoms with E-state index in [1.165, 1.54) is 4.90 Å². The molecule has 4 rings (SSSR count). The Balaban J connectivity index is 1.55. The lowest BCUT2D eigenvalue weighted by Gasteiger charge is -2.24. The summed E-state index contributed by atoms with van der Waals surface area (Å²) in [5.41, 5.74) is 2.27. The number of methoxy groups -OCH3 is 2. The molecule has 3 aromatic rings. The average Bonchev–Trinajstić information content (AvgIpc) is 3.12. The number of carbonyl (C=O) groups excluding carboxylic acids is 2. The number of anilines is 2. The number of nitrogens with zero attached hydrogens (tertiary/aromatic N) is 2. The highest BCUT2D eigenvalue weighted by molar-refractivity contribution is 7.80. The van der Waals surface area contributed by atoms with Gasteiger partial charge in [-0.15, -0.1) is 0 Å².